The van der Waals surface area contributed by atoms with Gasteiger partial charge in [0, 0.05) is 6.54 Å². The van der Waals surface area contributed by atoms with E-state index in [-0.39, 0.29) is 5.38 Å². The van der Waals surface area contributed by atoms with Crippen LogP contribution in [0.25, 0.3) is 0 Å². The second-order valence-electron chi connectivity index (χ2n) is 4.97. The molecule has 0 spiro atoms. The molecule has 4 nitrogen and oxygen atoms in total. The maximum absolute atomic E-state index is 5.98. The second kappa shape index (κ2) is 7.64. The number of hydrogen-bond donors (Lipinski definition) is 0. The number of rotatable bonds is 8. The van der Waals surface area contributed by atoms with Crippen molar-refractivity contribution in [3.63, 3.8) is 0 Å². The summed E-state index contributed by atoms with van der Waals surface area (Å²) >= 11 is 5.98. The van der Waals surface area contributed by atoms with Crippen molar-refractivity contribution in [1.82, 2.24) is 20.2 Å². The van der Waals surface area contributed by atoms with Crippen LogP contribution in [0.3, 0.4) is 0 Å². The first-order valence-electron chi connectivity index (χ1n) is 6.51. The lowest BCUT2D eigenvalue weighted by molar-refractivity contribution is 0.482. The van der Waals surface area contributed by atoms with Crippen LogP contribution in [-0.2, 0) is 6.54 Å². The summed E-state index contributed by atoms with van der Waals surface area (Å²) in [5.41, 5.74) is 0. The molecule has 17 heavy (non-hydrogen) atoms. The molecule has 0 saturated heterocycles. The Hall–Kier alpha value is -0.640. The largest absolute Gasteiger partial charge is 0.228 e. The summed E-state index contributed by atoms with van der Waals surface area (Å²) in [5.74, 6) is 1.59. The molecule has 98 valence electrons. The van der Waals surface area contributed by atoms with Gasteiger partial charge in [-0.05, 0) is 29.7 Å². The van der Waals surface area contributed by atoms with Gasteiger partial charge in [-0.1, -0.05) is 39.5 Å². The molecule has 1 atom stereocenters. The van der Waals surface area contributed by atoms with Crippen LogP contribution in [0.5, 0.6) is 0 Å². The first-order chi connectivity index (χ1) is 8.11. The van der Waals surface area contributed by atoms with Crippen molar-refractivity contribution in [2.45, 2.75) is 64.8 Å². The van der Waals surface area contributed by atoms with Crippen molar-refractivity contribution in [2.24, 2.45) is 5.92 Å². The molecular weight excluding hydrogens is 236 g/mol. The minimum absolute atomic E-state index is 0.119. The highest BCUT2D eigenvalue weighted by molar-refractivity contribution is 6.20. The summed E-state index contributed by atoms with van der Waals surface area (Å²) in [7, 11) is 0. The summed E-state index contributed by atoms with van der Waals surface area (Å²) in [6, 6.07) is 0. The van der Waals surface area contributed by atoms with Gasteiger partial charge in [-0.3, -0.25) is 0 Å². The van der Waals surface area contributed by atoms with Crippen LogP contribution in [-0.4, -0.2) is 20.2 Å². The van der Waals surface area contributed by atoms with Gasteiger partial charge in [0.05, 0.1) is 5.38 Å². The number of alkyl halides is 1. The van der Waals surface area contributed by atoms with Gasteiger partial charge in [0.2, 0.25) is 0 Å². The van der Waals surface area contributed by atoms with Crippen molar-refractivity contribution in [2.75, 3.05) is 0 Å². The third-order valence-electron chi connectivity index (χ3n) is 2.82. The fraction of sp³-hybridized carbons (Fsp3) is 0.917. The van der Waals surface area contributed by atoms with E-state index in [9.17, 15) is 0 Å². The lowest BCUT2D eigenvalue weighted by Crippen LogP contribution is -2.06. The molecule has 1 rings (SSSR count). The minimum atomic E-state index is -0.119. The number of aryl methyl sites for hydroxylation is 1. The zero-order chi connectivity index (χ0) is 12.7. The van der Waals surface area contributed by atoms with Crippen molar-refractivity contribution >= 4 is 11.6 Å². The Morgan fingerprint density at radius 1 is 1.12 bits per heavy atom. The quantitative estimate of drug-likeness (QED) is 0.529. The van der Waals surface area contributed by atoms with Gasteiger partial charge in [-0.15, -0.1) is 16.7 Å². The number of tetrazole rings is 1. The van der Waals surface area contributed by atoms with Crippen molar-refractivity contribution in [3.8, 4) is 0 Å². The van der Waals surface area contributed by atoms with Gasteiger partial charge >= 0.3 is 0 Å². The summed E-state index contributed by atoms with van der Waals surface area (Å²) in [4.78, 5) is 0. The molecule has 0 aliphatic rings. The molecule has 0 amide bonds. The standard InChI is InChI=1S/C12H23ClN4/c1-10(2)8-6-4-5-7-9-17-12(11(3)13)14-15-16-17/h10-11H,4-9H2,1-3H3. The number of aromatic nitrogens is 4. The number of hydrogen-bond acceptors (Lipinski definition) is 3. The van der Waals surface area contributed by atoms with Gasteiger partial charge in [-0.25, -0.2) is 4.68 Å². The highest BCUT2D eigenvalue weighted by Gasteiger charge is 2.10. The lowest BCUT2D eigenvalue weighted by Gasteiger charge is -2.06. The van der Waals surface area contributed by atoms with Crippen molar-refractivity contribution in [1.29, 1.82) is 0 Å². The van der Waals surface area contributed by atoms with E-state index in [4.69, 9.17) is 11.6 Å². The molecule has 5 heteroatoms. The van der Waals surface area contributed by atoms with E-state index >= 15 is 0 Å². The van der Waals surface area contributed by atoms with Gasteiger partial charge in [0.1, 0.15) is 0 Å². The smallest absolute Gasteiger partial charge is 0.168 e. The molecule has 0 fully saturated rings. The number of halogens is 1. The first-order valence-corrected chi connectivity index (χ1v) is 6.95. The highest BCUT2D eigenvalue weighted by atomic mass is 35.5. The Morgan fingerprint density at radius 3 is 2.47 bits per heavy atom. The van der Waals surface area contributed by atoms with Crippen molar-refractivity contribution in [3.05, 3.63) is 5.82 Å². The topological polar surface area (TPSA) is 43.6 Å². The molecule has 0 aliphatic carbocycles. The predicted molar refractivity (Wildman–Crippen MR) is 70.0 cm³/mol. The maximum atomic E-state index is 5.98. The van der Waals surface area contributed by atoms with Gasteiger partial charge in [0.25, 0.3) is 0 Å². The zero-order valence-corrected chi connectivity index (χ0v) is 11.8. The maximum Gasteiger partial charge on any atom is 0.168 e. The second-order valence-corrected chi connectivity index (χ2v) is 5.63. The van der Waals surface area contributed by atoms with Gasteiger partial charge in [-0.2, -0.15) is 0 Å². The Morgan fingerprint density at radius 2 is 1.82 bits per heavy atom. The summed E-state index contributed by atoms with van der Waals surface area (Å²) < 4.78 is 1.82. The molecule has 0 aromatic carbocycles. The Labute approximate surface area is 109 Å². The van der Waals surface area contributed by atoms with Crippen LogP contribution < -0.4 is 0 Å². The molecule has 0 N–H and O–H groups in total. The van der Waals surface area contributed by atoms with Crippen LogP contribution in [0.4, 0.5) is 0 Å². The molecule has 1 aromatic rings. The van der Waals surface area contributed by atoms with E-state index in [1.54, 1.807) is 0 Å². The summed E-state index contributed by atoms with van der Waals surface area (Å²) in [6.45, 7) is 7.32. The van der Waals surface area contributed by atoms with Crippen LogP contribution in [0.2, 0.25) is 0 Å². The lowest BCUT2D eigenvalue weighted by atomic mass is 10.0. The highest BCUT2D eigenvalue weighted by Crippen LogP contribution is 2.16. The fourth-order valence-corrected chi connectivity index (χ4v) is 1.98. The molecular formula is C12H23ClN4. The average Bonchev–Trinajstić information content (AvgIpc) is 2.71. The number of nitrogens with zero attached hydrogens (tertiary/aromatic N) is 4. The van der Waals surface area contributed by atoms with E-state index in [0.717, 1.165) is 24.7 Å². The third kappa shape index (κ3) is 5.48. The van der Waals surface area contributed by atoms with Gasteiger partial charge < -0.3 is 0 Å². The molecule has 0 bridgehead atoms. The van der Waals surface area contributed by atoms with Gasteiger partial charge in [0.15, 0.2) is 5.82 Å². The van der Waals surface area contributed by atoms with Crippen LogP contribution >= 0.6 is 11.6 Å². The molecule has 0 saturated carbocycles. The molecule has 1 unspecified atom stereocenters. The zero-order valence-electron chi connectivity index (χ0n) is 11.1. The minimum Gasteiger partial charge on any atom is -0.228 e. The van der Waals surface area contributed by atoms with Crippen LogP contribution in [0.15, 0.2) is 0 Å². The van der Waals surface area contributed by atoms with E-state index in [1.807, 2.05) is 11.6 Å². The summed E-state index contributed by atoms with van der Waals surface area (Å²) in [6.07, 6.45) is 6.31. The molecule has 0 radical (unpaired) electrons. The van der Waals surface area contributed by atoms with Crippen LogP contribution in [0.1, 0.15) is 64.1 Å². The van der Waals surface area contributed by atoms with E-state index in [1.165, 1.54) is 25.7 Å². The predicted octanol–water partition coefficient (Wildman–Crippen LogP) is 3.58. The first kappa shape index (κ1) is 14.4. The Bertz CT molecular complexity index is 309. The third-order valence-corrected chi connectivity index (χ3v) is 3.01. The normalized spacial score (nSPS) is 13.2. The Kier molecular flexibility index (Phi) is 6.48. The SMILES string of the molecule is CC(C)CCCCCCn1nnnc1C(C)Cl. The number of unbranched alkanes of at least 4 members (excludes halogenated alkanes) is 3. The van der Waals surface area contributed by atoms with E-state index < -0.39 is 0 Å². The molecule has 1 aromatic heterocycles. The monoisotopic (exact) mass is 258 g/mol. The van der Waals surface area contributed by atoms with Crippen molar-refractivity contribution < 1.29 is 0 Å². The average molecular weight is 259 g/mol. The fourth-order valence-electron chi connectivity index (χ4n) is 1.82. The Balaban J connectivity index is 2.16. The van der Waals surface area contributed by atoms with Crippen LogP contribution in [0, 0.1) is 5.92 Å². The van der Waals surface area contributed by atoms with E-state index in [2.05, 4.69) is 29.4 Å². The molecule has 0 aliphatic heterocycles. The molecule has 1 heterocycles. The summed E-state index contributed by atoms with van der Waals surface area (Å²) in [5, 5.41) is 11.4. The van der Waals surface area contributed by atoms with E-state index in [0.29, 0.717) is 0 Å².